The fraction of sp³-hybridized carbons (Fsp3) is 1.00. The van der Waals surface area contributed by atoms with Crippen molar-refractivity contribution in [1.29, 1.82) is 0 Å². The van der Waals surface area contributed by atoms with Crippen molar-refractivity contribution < 1.29 is 4.74 Å². The summed E-state index contributed by atoms with van der Waals surface area (Å²) in [5.74, 6) is 0.881. The van der Waals surface area contributed by atoms with Gasteiger partial charge in [0.1, 0.15) is 0 Å². The second-order valence-electron chi connectivity index (χ2n) is 4.75. The first-order valence-electron chi connectivity index (χ1n) is 6.12. The molecule has 1 aliphatic carbocycles. The van der Waals surface area contributed by atoms with E-state index in [2.05, 4.69) is 29.5 Å². The van der Waals surface area contributed by atoms with E-state index in [-0.39, 0.29) is 0 Å². The third-order valence-corrected chi connectivity index (χ3v) is 5.44. The van der Waals surface area contributed by atoms with Crippen molar-refractivity contribution in [3.8, 4) is 0 Å². The number of hydrogen-bond acceptors (Lipinski definition) is 1. The van der Waals surface area contributed by atoms with Gasteiger partial charge < -0.3 is 4.74 Å². The van der Waals surface area contributed by atoms with Gasteiger partial charge >= 0.3 is 0 Å². The topological polar surface area (TPSA) is 9.23 Å². The zero-order valence-corrected chi connectivity index (χ0v) is 11.2. The van der Waals surface area contributed by atoms with E-state index in [4.69, 9.17) is 4.74 Å². The van der Waals surface area contributed by atoms with Crippen LogP contribution in [0.4, 0.5) is 0 Å². The van der Waals surface area contributed by atoms with Crippen LogP contribution in [0.15, 0.2) is 0 Å². The Morgan fingerprint density at radius 2 is 2.07 bits per heavy atom. The predicted molar refractivity (Wildman–Crippen MR) is 68.0 cm³/mol. The Balaban J connectivity index is 1.89. The van der Waals surface area contributed by atoms with Crippen LogP contribution < -0.4 is 0 Å². The zero-order chi connectivity index (χ0) is 9.97. The van der Waals surface area contributed by atoms with Gasteiger partial charge in [-0.3, -0.25) is 0 Å². The molecule has 4 atom stereocenters. The highest BCUT2D eigenvalue weighted by Gasteiger charge is 2.42. The highest BCUT2D eigenvalue weighted by Crippen LogP contribution is 2.42. The van der Waals surface area contributed by atoms with Crippen LogP contribution in [-0.2, 0) is 4.74 Å². The summed E-state index contributed by atoms with van der Waals surface area (Å²) in [7, 11) is 0. The molecule has 0 aromatic carbocycles. The van der Waals surface area contributed by atoms with E-state index in [0.29, 0.717) is 12.2 Å². The van der Waals surface area contributed by atoms with Crippen molar-refractivity contribution in [2.75, 3.05) is 0 Å². The van der Waals surface area contributed by atoms with E-state index in [1.54, 1.807) is 0 Å². The van der Waals surface area contributed by atoms with Crippen LogP contribution in [0.3, 0.4) is 0 Å². The molecule has 14 heavy (non-hydrogen) atoms. The molecular weight excluding hydrogens is 287 g/mol. The molecule has 0 aromatic heterocycles. The maximum absolute atomic E-state index is 6.17. The maximum atomic E-state index is 6.17. The first-order chi connectivity index (χ1) is 6.83. The SMILES string of the molecule is CCCC[C@H]1O[C@@H]2CCCC[C@@H]2[C@H]1I. The monoisotopic (exact) mass is 308 g/mol. The molecule has 0 radical (unpaired) electrons. The van der Waals surface area contributed by atoms with Gasteiger partial charge in [0.25, 0.3) is 0 Å². The lowest BCUT2D eigenvalue weighted by Gasteiger charge is -2.24. The van der Waals surface area contributed by atoms with E-state index in [9.17, 15) is 0 Å². The van der Waals surface area contributed by atoms with Crippen LogP contribution in [-0.4, -0.2) is 16.1 Å². The van der Waals surface area contributed by atoms with E-state index in [1.807, 2.05) is 0 Å². The summed E-state index contributed by atoms with van der Waals surface area (Å²) in [6, 6.07) is 0. The van der Waals surface area contributed by atoms with E-state index < -0.39 is 0 Å². The molecule has 0 aromatic rings. The van der Waals surface area contributed by atoms with Crippen LogP contribution in [0.5, 0.6) is 0 Å². The highest BCUT2D eigenvalue weighted by atomic mass is 127. The summed E-state index contributed by atoms with van der Waals surface area (Å²) < 4.78 is 6.97. The lowest BCUT2D eigenvalue weighted by atomic mass is 9.85. The molecule has 0 N–H and O–H groups in total. The number of ether oxygens (including phenoxy) is 1. The normalized spacial score (nSPS) is 42.4. The summed E-state index contributed by atoms with van der Waals surface area (Å²) in [6.07, 6.45) is 10.7. The van der Waals surface area contributed by atoms with Gasteiger partial charge in [-0.2, -0.15) is 0 Å². The number of fused-ring (bicyclic) bond motifs is 1. The van der Waals surface area contributed by atoms with Crippen LogP contribution in [0.2, 0.25) is 0 Å². The van der Waals surface area contributed by atoms with Crippen molar-refractivity contribution in [2.24, 2.45) is 5.92 Å². The molecule has 0 unspecified atom stereocenters. The minimum Gasteiger partial charge on any atom is -0.374 e. The van der Waals surface area contributed by atoms with Gasteiger partial charge in [0.15, 0.2) is 0 Å². The molecular formula is C12H21IO. The van der Waals surface area contributed by atoms with Crippen molar-refractivity contribution in [2.45, 2.75) is 68.0 Å². The van der Waals surface area contributed by atoms with Gasteiger partial charge in [0.05, 0.1) is 12.2 Å². The number of unbranched alkanes of at least 4 members (excludes halogenated alkanes) is 1. The third kappa shape index (κ3) is 2.26. The van der Waals surface area contributed by atoms with Crippen molar-refractivity contribution in [3.05, 3.63) is 0 Å². The maximum Gasteiger partial charge on any atom is 0.0700 e. The number of rotatable bonds is 3. The third-order valence-electron chi connectivity index (χ3n) is 3.71. The van der Waals surface area contributed by atoms with Gasteiger partial charge in [-0.1, -0.05) is 55.2 Å². The molecule has 2 heteroatoms. The van der Waals surface area contributed by atoms with Gasteiger partial charge in [0, 0.05) is 3.92 Å². The standard InChI is InChI=1S/C12H21IO/c1-2-3-7-11-12(13)9-6-4-5-8-10(9)14-11/h9-12H,2-8H2,1H3/t9-,10+,11+,12+/m0/s1. The predicted octanol–water partition coefficient (Wildman–Crippen LogP) is 3.94. The Hall–Kier alpha value is 0.690. The Labute approximate surface area is 101 Å². The average Bonchev–Trinajstić information content (AvgIpc) is 2.54. The minimum absolute atomic E-state index is 0.573. The molecule has 1 nitrogen and oxygen atoms in total. The summed E-state index contributed by atoms with van der Waals surface area (Å²) >= 11 is 2.64. The molecule has 0 spiro atoms. The Kier molecular flexibility index (Phi) is 4.11. The quantitative estimate of drug-likeness (QED) is 0.567. The molecule has 2 rings (SSSR count). The first-order valence-corrected chi connectivity index (χ1v) is 7.37. The number of alkyl halides is 1. The van der Waals surface area contributed by atoms with E-state index >= 15 is 0 Å². The number of halogens is 1. The number of hydrogen-bond donors (Lipinski definition) is 0. The molecule has 1 heterocycles. The van der Waals surface area contributed by atoms with Crippen LogP contribution in [0.1, 0.15) is 51.9 Å². The molecule has 1 saturated heterocycles. The van der Waals surface area contributed by atoms with Crippen LogP contribution in [0.25, 0.3) is 0 Å². The Morgan fingerprint density at radius 3 is 2.79 bits per heavy atom. The molecule has 1 aliphatic heterocycles. The minimum atomic E-state index is 0.573. The van der Waals surface area contributed by atoms with E-state index in [0.717, 1.165) is 9.84 Å². The lowest BCUT2D eigenvalue weighted by molar-refractivity contribution is 0.0155. The second-order valence-corrected chi connectivity index (χ2v) is 6.19. The molecule has 1 saturated carbocycles. The zero-order valence-electron chi connectivity index (χ0n) is 9.05. The average molecular weight is 308 g/mol. The molecule has 0 amide bonds. The fourth-order valence-corrected chi connectivity index (χ4v) is 4.22. The largest absolute Gasteiger partial charge is 0.374 e. The first kappa shape index (κ1) is 11.2. The highest BCUT2D eigenvalue weighted by molar-refractivity contribution is 14.1. The second kappa shape index (κ2) is 5.15. The summed E-state index contributed by atoms with van der Waals surface area (Å²) in [5.41, 5.74) is 0. The van der Waals surface area contributed by atoms with Crippen molar-refractivity contribution in [3.63, 3.8) is 0 Å². The van der Waals surface area contributed by atoms with Gasteiger partial charge in [-0.15, -0.1) is 0 Å². The summed E-state index contributed by atoms with van der Waals surface area (Å²) in [4.78, 5) is 0. The molecule has 82 valence electrons. The Bertz CT molecular complexity index is 183. The van der Waals surface area contributed by atoms with Crippen LogP contribution >= 0.6 is 22.6 Å². The summed E-state index contributed by atoms with van der Waals surface area (Å²) in [6.45, 7) is 2.27. The lowest BCUT2D eigenvalue weighted by Crippen LogP contribution is -2.24. The van der Waals surface area contributed by atoms with E-state index in [1.165, 1.54) is 44.9 Å². The van der Waals surface area contributed by atoms with Crippen molar-refractivity contribution >= 4 is 22.6 Å². The van der Waals surface area contributed by atoms with Gasteiger partial charge in [-0.05, 0) is 25.2 Å². The van der Waals surface area contributed by atoms with Crippen molar-refractivity contribution in [1.82, 2.24) is 0 Å². The molecule has 2 fully saturated rings. The molecule has 2 aliphatic rings. The van der Waals surface area contributed by atoms with Gasteiger partial charge in [-0.25, -0.2) is 0 Å². The summed E-state index contributed by atoms with van der Waals surface area (Å²) in [5, 5.41) is 0. The smallest absolute Gasteiger partial charge is 0.0700 e. The fourth-order valence-electron chi connectivity index (χ4n) is 2.87. The van der Waals surface area contributed by atoms with Crippen LogP contribution in [0, 0.1) is 5.92 Å². The van der Waals surface area contributed by atoms with Gasteiger partial charge in [0.2, 0.25) is 0 Å². The molecule has 0 bridgehead atoms. The Morgan fingerprint density at radius 1 is 1.29 bits per heavy atom.